The molecule has 6 heteroatoms. The third kappa shape index (κ3) is 3.27. The first-order chi connectivity index (χ1) is 19.6. The number of benzene rings is 5. The Balaban J connectivity index is 1.47. The first-order valence-corrected chi connectivity index (χ1v) is 12.7. The molecule has 6 nitrogen and oxygen atoms in total. The first kappa shape index (κ1) is 23.2. The number of nitrogens with zero attached hydrogens (tertiary/aromatic N) is 4. The second-order valence-electron chi connectivity index (χ2n) is 9.55. The number of para-hydroxylation sites is 1. The van der Waals surface area contributed by atoms with E-state index in [2.05, 4.69) is 12.1 Å². The summed E-state index contributed by atoms with van der Waals surface area (Å²) < 4.78 is 1.93. The smallest absolute Gasteiger partial charge is 0.268 e. The van der Waals surface area contributed by atoms with E-state index in [1.165, 1.54) is 4.90 Å². The predicted octanol–water partition coefficient (Wildman–Crippen LogP) is 6.99. The van der Waals surface area contributed by atoms with Gasteiger partial charge in [0.25, 0.3) is 11.8 Å². The van der Waals surface area contributed by atoms with Gasteiger partial charge in [0, 0.05) is 16.3 Å². The minimum Gasteiger partial charge on any atom is -0.308 e. The summed E-state index contributed by atoms with van der Waals surface area (Å²) >= 11 is 0. The Hall–Kier alpha value is -5.98. The number of fused-ring (bicyclic) bond motifs is 4. The number of imide groups is 1. The Labute approximate surface area is 229 Å². The third-order valence-corrected chi connectivity index (χ3v) is 7.39. The average Bonchev–Trinajstić information content (AvgIpc) is 3.47. The zero-order valence-corrected chi connectivity index (χ0v) is 21.0. The van der Waals surface area contributed by atoms with Gasteiger partial charge >= 0.3 is 0 Å². The Morgan fingerprint density at radius 2 is 1.12 bits per heavy atom. The fraction of sp³-hybridized carbons (Fsp3) is 0. The lowest BCUT2D eigenvalue weighted by atomic mass is 10.0. The molecule has 7 rings (SSSR count). The first-order valence-electron chi connectivity index (χ1n) is 12.7. The van der Waals surface area contributed by atoms with Crippen LogP contribution >= 0.6 is 0 Å². The van der Waals surface area contributed by atoms with Crippen molar-refractivity contribution in [3.8, 4) is 29.0 Å². The molecule has 2 amide bonds. The molecule has 0 aliphatic carbocycles. The van der Waals surface area contributed by atoms with Crippen molar-refractivity contribution in [1.29, 1.82) is 10.5 Å². The molecule has 6 aromatic rings. The Bertz CT molecular complexity index is 2060. The van der Waals surface area contributed by atoms with E-state index in [4.69, 9.17) is 0 Å². The van der Waals surface area contributed by atoms with Crippen LogP contribution in [-0.4, -0.2) is 16.4 Å². The van der Waals surface area contributed by atoms with Gasteiger partial charge in [-0.05, 0) is 60.2 Å². The minimum atomic E-state index is -0.406. The topological polar surface area (TPSA) is 89.9 Å². The van der Waals surface area contributed by atoms with Gasteiger partial charge in [-0.3, -0.25) is 9.59 Å². The normalized spacial score (nSPS) is 12.5. The van der Waals surface area contributed by atoms with Gasteiger partial charge in [0.05, 0.1) is 56.8 Å². The van der Waals surface area contributed by atoms with Crippen LogP contribution in [-0.2, 0) is 0 Å². The summed E-state index contributed by atoms with van der Waals surface area (Å²) in [6.07, 6.45) is 0. The molecule has 1 aliphatic heterocycles. The van der Waals surface area contributed by atoms with E-state index < -0.39 is 5.91 Å². The van der Waals surface area contributed by atoms with Gasteiger partial charge in [0.15, 0.2) is 0 Å². The second kappa shape index (κ2) is 8.80. The SMILES string of the molecule is N#Cc1ccc2c(c1)c1cc(C#N)ccc1n2-c1cccc2c1C(=O)N(c1ccccc1-c1ccccc1)C2=O. The lowest BCUT2D eigenvalue weighted by molar-refractivity contribution is 0.0926. The molecule has 0 spiro atoms. The van der Waals surface area contributed by atoms with E-state index in [1.807, 2.05) is 71.3 Å². The molecule has 186 valence electrons. The molecule has 0 fully saturated rings. The summed E-state index contributed by atoms with van der Waals surface area (Å²) in [6.45, 7) is 0. The zero-order chi connectivity index (χ0) is 27.4. The standard InChI is InChI=1S/C34H18N4O2/c35-19-21-13-15-29-26(17-21)27-18-22(20-36)14-16-30(27)37(29)31-12-6-10-25-32(31)34(40)38(33(25)39)28-11-5-4-9-24(28)23-7-2-1-3-8-23/h1-18H. The summed E-state index contributed by atoms with van der Waals surface area (Å²) in [7, 11) is 0. The number of carbonyl (C=O) groups excluding carboxylic acids is 2. The molecule has 0 saturated carbocycles. The maximum absolute atomic E-state index is 14.2. The molecule has 0 radical (unpaired) electrons. The molecule has 0 unspecified atom stereocenters. The maximum Gasteiger partial charge on any atom is 0.268 e. The number of aromatic nitrogens is 1. The van der Waals surface area contributed by atoms with Crippen LogP contribution in [0.1, 0.15) is 31.8 Å². The number of rotatable bonds is 3. The molecule has 0 bridgehead atoms. The third-order valence-electron chi connectivity index (χ3n) is 7.39. The van der Waals surface area contributed by atoms with Crippen molar-refractivity contribution in [3.63, 3.8) is 0 Å². The number of anilines is 1. The molecule has 5 aromatic carbocycles. The van der Waals surface area contributed by atoms with Gasteiger partial charge in [0.2, 0.25) is 0 Å². The number of nitriles is 2. The van der Waals surface area contributed by atoms with Crippen molar-refractivity contribution in [2.24, 2.45) is 0 Å². The van der Waals surface area contributed by atoms with Gasteiger partial charge in [-0.1, -0.05) is 54.6 Å². The van der Waals surface area contributed by atoms with Crippen LogP contribution in [0.3, 0.4) is 0 Å². The van der Waals surface area contributed by atoms with Crippen molar-refractivity contribution in [2.75, 3.05) is 4.90 Å². The van der Waals surface area contributed by atoms with Gasteiger partial charge in [0.1, 0.15) is 0 Å². The molecule has 2 heterocycles. The fourth-order valence-electron chi connectivity index (χ4n) is 5.63. The lowest BCUT2D eigenvalue weighted by Crippen LogP contribution is -2.30. The number of carbonyl (C=O) groups is 2. The summed E-state index contributed by atoms with van der Waals surface area (Å²) in [6, 6.07) is 37.4. The van der Waals surface area contributed by atoms with Gasteiger partial charge in [-0.15, -0.1) is 0 Å². The van der Waals surface area contributed by atoms with Crippen molar-refractivity contribution in [3.05, 3.63) is 131 Å². The van der Waals surface area contributed by atoms with Crippen LogP contribution < -0.4 is 4.90 Å². The molecule has 1 aliphatic rings. The van der Waals surface area contributed by atoms with Crippen molar-refractivity contribution >= 4 is 39.3 Å². The van der Waals surface area contributed by atoms with E-state index >= 15 is 0 Å². The van der Waals surface area contributed by atoms with E-state index in [-0.39, 0.29) is 5.91 Å². The number of hydrogen-bond acceptors (Lipinski definition) is 4. The highest BCUT2D eigenvalue weighted by atomic mass is 16.2. The van der Waals surface area contributed by atoms with E-state index in [1.54, 1.807) is 42.5 Å². The summed E-state index contributed by atoms with van der Waals surface area (Å²) in [4.78, 5) is 29.3. The van der Waals surface area contributed by atoms with E-state index in [0.717, 1.165) is 32.9 Å². The lowest BCUT2D eigenvalue weighted by Gasteiger charge is -2.18. The molecular weight excluding hydrogens is 496 g/mol. The minimum absolute atomic E-state index is 0.308. The van der Waals surface area contributed by atoms with Gasteiger partial charge in [-0.2, -0.15) is 10.5 Å². The number of amides is 2. The van der Waals surface area contributed by atoms with Crippen LogP contribution in [0, 0.1) is 22.7 Å². The molecule has 0 N–H and O–H groups in total. The van der Waals surface area contributed by atoms with Crippen molar-refractivity contribution in [1.82, 2.24) is 4.57 Å². The Kier molecular flexibility index (Phi) is 5.10. The van der Waals surface area contributed by atoms with Crippen LogP contribution in [0.4, 0.5) is 5.69 Å². The second-order valence-corrected chi connectivity index (χ2v) is 9.55. The summed E-state index contributed by atoms with van der Waals surface area (Å²) in [5.41, 5.74) is 5.90. The number of hydrogen-bond donors (Lipinski definition) is 0. The summed E-state index contributed by atoms with van der Waals surface area (Å²) in [5, 5.41) is 20.6. The van der Waals surface area contributed by atoms with Crippen LogP contribution in [0.15, 0.2) is 109 Å². The predicted molar refractivity (Wildman–Crippen MR) is 153 cm³/mol. The Morgan fingerprint density at radius 3 is 1.77 bits per heavy atom. The van der Waals surface area contributed by atoms with E-state index in [9.17, 15) is 20.1 Å². The molecular formula is C34H18N4O2. The van der Waals surface area contributed by atoms with Crippen LogP contribution in [0.5, 0.6) is 0 Å². The zero-order valence-electron chi connectivity index (χ0n) is 21.0. The summed E-state index contributed by atoms with van der Waals surface area (Å²) in [5.74, 6) is -0.791. The van der Waals surface area contributed by atoms with Crippen molar-refractivity contribution in [2.45, 2.75) is 0 Å². The van der Waals surface area contributed by atoms with Crippen LogP contribution in [0.2, 0.25) is 0 Å². The molecule has 40 heavy (non-hydrogen) atoms. The van der Waals surface area contributed by atoms with Gasteiger partial charge < -0.3 is 4.57 Å². The van der Waals surface area contributed by atoms with Crippen molar-refractivity contribution < 1.29 is 9.59 Å². The quantitative estimate of drug-likeness (QED) is 0.238. The van der Waals surface area contributed by atoms with E-state index in [0.29, 0.717) is 33.6 Å². The fourth-order valence-corrected chi connectivity index (χ4v) is 5.63. The Morgan fingerprint density at radius 1 is 0.550 bits per heavy atom. The molecule has 0 saturated heterocycles. The largest absolute Gasteiger partial charge is 0.308 e. The highest BCUT2D eigenvalue weighted by molar-refractivity contribution is 6.36. The molecule has 0 atom stereocenters. The highest BCUT2D eigenvalue weighted by Crippen LogP contribution is 2.40. The maximum atomic E-state index is 14.2. The highest BCUT2D eigenvalue weighted by Gasteiger charge is 2.40. The monoisotopic (exact) mass is 514 g/mol. The van der Waals surface area contributed by atoms with Gasteiger partial charge in [-0.25, -0.2) is 4.90 Å². The average molecular weight is 515 g/mol. The van der Waals surface area contributed by atoms with Crippen LogP contribution in [0.25, 0.3) is 38.6 Å². The molecule has 1 aromatic heterocycles.